The molecule has 25 heavy (non-hydrogen) atoms. The van der Waals surface area contributed by atoms with Gasteiger partial charge in [0.15, 0.2) is 0 Å². The van der Waals surface area contributed by atoms with Crippen molar-refractivity contribution in [2.24, 2.45) is 5.92 Å². The molecule has 0 bridgehead atoms. The summed E-state index contributed by atoms with van der Waals surface area (Å²) in [5.41, 5.74) is 1.44. The van der Waals surface area contributed by atoms with Gasteiger partial charge < -0.3 is 9.84 Å². The van der Waals surface area contributed by atoms with E-state index in [1.54, 1.807) is 10.8 Å². The Balaban J connectivity index is 1.74. The molecule has 136 valence electrons. The van der Waals surface area contributed by atoms with Crippen molar-refractivity contribution in [1.82, 2.24) is 4.57 Å². The van der Waals surface area contributed by atoms with Crippen LogP contribution in [0, 0.1) is 5.92 Å². The third kappa shape index (κ3) is 4.43. The number of carbonyl (C=O) groups is 1. The van der Waals surface area contributed by atoms with Gasteiger partial charge in [-0.2, -0.15) is 0 Å². The highest BCUT2D eigenvalue weighted by Crippen LogP contribution is 2.28. The second-order valence-electron chi connectivity index (χ2n) is 8.23. The number of fused-ring (bicyclic) bond motifs is 1. The molecule has 1 fully saturated rings. The van der Waals surface area contributed by atoms with Crippen LogP contribution >= 0.6 is 0 Å². The Kier molecular flexibility index (Phi) is 5.19. The molecule has 1 aromatic carbocycles. The van der Waals surface area contributed by atoms with Gasteiger partial charge in [0.1, 0.15) is 5.60 Å². The summed E-state index contributed by atoms with van der Waals surface area (Å²) in [4.78, 5) is 12.3. The van der Waals surface area contributed by atoms with Gasteiger partial charge in [0.25, 0.3) is 0 Å². The molecule has 1 aromatic heterocycles. The molecule has 1 N–H and O–H groups in total. The highest BCUT2D eigenvalue weighted by molar-refractivity contribution is 5.89. The predicted octanol–water partition coefficient (Wildman–Crippen LogP) is 4.91. The van der Waals surface area contributed by atoms with Crippen molar-refractivity contribution in [2.45, 2.75) is 71.0 Å². The minimum absolute atomic E-state index is 0.273. The standard InChI is InChI=1S/C21H29NO3/c1-21(2,3)25-20(24)22-12-11-17-13-15(9-10-18(17)22)14-19(23)16-7-5-4-6-8-16/h9-13,16,19,23H,4-8,14H2,1-3H3/t19-/m1/s1. The fourth-order valence-electron chi connectivity index (χ4n) is 3.72. The smallest absolute Gasteiger partial charge is 0.418 e. The van der Waals surface area contributed by atoms with Crippen LogP contribution in [0.2, 0.25) is 0 Å². The largest absolute Gasteiger partial charge is 0.443 e. The van der Waals surface area contributed by atoms with Crippen molar-refractivity contribution >= 4 is 17.0 Å². The number of carbonyl (C=O) groups excluding carboxylic acids is 1. The Bertz CT molecular complexity index is 735. The molecular weight excluding hydrogens is 314 g/mol. The van der Waals surface area contributed by atoms with Gasteiger partial charge in [0, 0.05) is 11.6 Å². The lowest BCUT2D eigenvalue weighted by Crippen LogP contribution is -2.26. The first kappa shape index (κ1) is 18.0. The number of rotatable bonds is 3. The average molecular weight is 343 g/mol. The van der Waals surface area contributed by atoms with Gasteiger partial charge in [-0.1, -0.05) is 25.3 Å². The van der Waals surface area contributed by atoms with E-state index in [4.69, 9.17) is 4.74 Å². The van der Waals surface area contributed by atoms with Crippen LogP contribution in [0.25, 0.3) is 10.9 Å². The van der Waals surface area contributed by atoms with Gasteiger partial charge in [-0.3, -0.25) is 4.57 Å². The van der Waals surface area contributed by atoms with Crippen LogP contribution in [0.1, 0.15) is 58.4 Å². The maximum atomic E-state index is 12.3. The third-order valence-corrected chi connectivity index (χ3v) is 4.98. The van der Waals surface area contributed by atoms with Gasteiger partial charge >= 0.3 is 6.09 Å². The molecule has 1 aliphatic carbocycles. The van der Waals surface area contributed by atoms with Crippen LogP contribution in [0.3, 0.4) is 0 Å². The molecule has 2 aromatic rings. The van der Waals surface area contributed by atoms with Crippen LogP contribution in [-0.2, 0) is 11.2 Å². The summed E-state index contributed by atoms with van der Waals surface area (Å²) in [7, 11) is 0. The van der Waals surface area contributed by atoms with E-state index in [0.29, 0.717) is 12.3 Å². The number of hydrogen-bond donors (Lipinski definition) is 1. The summed E-state index contributed by atoms with van der Waals surface area (Å²) in [6.07, 6.45) is 7.84. The molecule has 1 saturated carbocycles. The molecule has 4 nitrogen and oxygen atoms in total. The molecule has 0 aliphatic heterocycles. The van der Waals surface area contributed by atoms with Crippen molar-refractivity contribution in [1.29, 1.82) is 0 Å². The first-order chi connectivity index (χ1) is 11.8. The van der Waals surface area contributed by atoms with E-state index in [-0.39, 0.29) is 12.2 Å². The summed E-state index contributed by atoms with van der Waals surface area (Å²) >= 11 is 0. The Morgan fingerprint density at radius 2 is 1.96 bits per heavy atom. The summed E-state index contributed by atoms with van der Waals surface area (Å²) in [5, 5.41) is 11.5. The van der Waals surface area contributed by atoms with E-state index in [9.17, 15) is 9.90 Å². The molecule has 1 heterocycles. The third-order valence-electron chi connectivity index (χ3n) is 4.98. The zero-order chi connectivity index (χ0) is 18.0. The van der Waals surface area contributed by atoms with Crippen molar-refractivity contribution in [3.8, 4) is 0 Å². The second kappa shape index (κ2) is 7.20. The lowest BCUT2D eigenvalue weighted by molar-refractivity contribution is 0.0544. The van der Waals surface area contributed by atoms with E-state index in [2.05, 4.69) is 6.07 Å². The van der Waals surface area contributed by atoms with Crippen molar-refractivity contribution in [2.75, 3.05) is 0 Å². The molecule has 0 spiro atoms. The zero-order valence-electron chi connectivity index (χ0n) is 15.5. The summed E-state index contributed by atoms with van der Waals surface area (Å²) < 4.78 is 6.99. The maximum absolute atomic E-state index is 12.3. The van der Waals surface area contributed by atoms with Crippen LogP contribution in [-0.4, -0.2) is 27.5 Å². The molecular formula is C21H29NO3. The molecule has 3 rings (SSSR count). The number of ether oxygens (including phenoxy) is 1. The van der Waals surface area contributed by atoms with E-state index < -0.39 is 5.60 Å². The Morgan fingerprint density at radius 3 is 2.64 bits per heavy atom. The summed E-state index contributed by atoms with van der Waals surface area (Å²) in [6, 6.07) is 7.95. The van der Waals surface area contributed by atoms with Crippen molar-refractivity contribution in [3.05, 3.63) is 36.0 Å². The molecule has 0 radical (unpaired) electrons. The quantitative estimate of drug-likeness (QED) is 0.861. The maximum Gasteiger partial charge on any atom is 0.418 e. The monoisotopic (exact) mass is 343 g/mol. The van der Waals surface area contributed by atoms with E-state index >= 15 is 0 Å². The molecule has 0 saturated heterocycles. The average Bonchev–Trinajstić information content (AvgIpc) is 2.97. The fraction of sp³-hybridized carbons (Fsp3) is 0.571. The van der Waals surface area contributed by atoms with Crippen LogP contribution < -0.4 is 0 Å². The normalized spacial score (nSPS) is 17.6. The SMILES string of the molecule is CC(C)(C)OC(=O)n1ccc2cc(C[C@@H](O)C3CCCCC3)ccc21. The Hall–Kier alpha value is -1.81. The van der Waals surface area contributed by atoms with E-state index in [1.807, 2.05) is 39.0 Å². The van der Waals surface area contributed by atoms with E-state index in [1.165, 1.54) is 19.3 Å². The zero-order valence-corrected chi connectivity index (χ0v) is 15.5. The van der Waals surface area contributed by atoms with Gasteiger partial charge in [0.05, 0.1) is 11.6 Å². The molecule has 1 atom stereocenters. The lowest BCUT2D eigenvalue weighted by atomic mass is 9.83. The van der Waals surface area contributed by atoms with Crippen molar-refractivity contribution in [3.63, 3.8) is 0 Å². The number of aliphatic hydroxyl groups excluding tert-OH is 1. The Labute approximate surface area is 149 Å². The minimum atomic E-state index is -0.516. The molecule has 4 heteroatoms. The molecule has 1 aliphatic rings. The first-order valence-electron chi connectivity index (χ1n) is 9.35. The summed E-state index contributed by atoms with van der Waals surface area (Å²) in [6.45, 7) is 5.59. The Morgan fingerprint density at radius 1 is 1.24 bits per heavy atom. The highest BCUT2D eigenvalue weighted by atomic mass is 16.6. The fourth-order valence-corrected chi connectivity index (χ4v) is 3.72. The predicted molar refractivity (Wildman–Crippen MR) is 99.9 cm³/mol. The highest BCUT2D eigenvalue weighted by Gasteiger charge is 2.22. The topological polar surface area (TPSA) is 51.5 Å². The molecule has 0 unspecified atom stereocenters. The number of aliphatic hydroxyl groups is 1. The number of hydrogen-bond acceptors (Lipinski definition) is 3. The molecule has 0 amide bonds. The van der Waals surface area contributed by atoms with Gasteiger partial charge in [-0.05, 0) is 69.7 Å². The van der Waals surface area contributed by atoms with Crippen LogP contribution in [0.15, 0.2) is 30.5 Å². The number of benzene rings is 1. The number of aromatic nitrogens is 1. The van der Waals surface area contributed by atoms with Crippen LogP contribution in [0.5, 0.6) is 0 Å². The lowest BCUT2D eigenvalue weighted by Gasteiger charge is -2.26. The van der Waals surface area contributed by atoms with Gasteiger partial charge in [-0.25, -0.2) is 4.79 Å². The minimum Gasteiger partial charge on any atom is -0.443 e. The number of nitrogens with zero attached hydrogens (tertiary/aromatic N) is 1. The van der Waals surface area contributed by atoms with E-state index in [0.717, 1.165) is 29.3 Å². The first-order valence-corrected chi connectivity index (χ1v) is 9.35. The summed E-state index contributed by atoms with van der Waals surface area (Å²) in [5.74, 6) is 0.427. The van der Waals surface area contributed by atoms with Gasteiger partial charge in [-0.15, -0.1) is 0 Å². The van der Waals surface area contributed by atoms with Crippen molar-refractivity contribution < 1.29 is 14.6 Å². The van der Waals surface area contributed by atoms with Gasteiger partial charge in [0.2, 0.25) is 0 Å². The van der Waals surface area contributed by atoms with Crippen LogP contribution in [0.4, 0.5) is 4.79 Å². The second-order valence-corrected chi connectivity index (χ2v) is 8.23.